The fourth-order valence-corrected chi connectivity index (χ4v) is 2.45. The van der Waals surface area contributed by atoms with Gasteiger partial charge in [-0.15, -0.1) is 0 Å². The first-order valence-electron chi connectivity index (χ1n) is 5.16. The predicted octanol–water partition coefficient (Wildman–Crippen LogP) is 2.41. The predicted molar refractivity (Wildman–Crippen MR) is 54.3 cm³/mol. The molecular weight excluding hydrogens is 160 g/mol. The summed E-state index contributed by atoms with van der Waals surface area (Å²) >= 11 is 0. The highest BCUT2D eigenvalue weighted by atomic mass is 15.2. The van der Waals surface area contributed by atoms with E-state index in [1.54, 1.807) is 0 Å². The van der Waals surface area contributed by atoms with Gasteiger partial charge >= 0.3 is 0 Å². The molecule has 0 N–H and O–H groups in total. The number of nitriles is 1. The Bertz CT molecular complexity index is 213. The first kappa shape index (κ1) is 10.5. The number of likely N-dealkylation sites (tertiary alicyclic amines) is 1. The highest BCUT2D eigenvalue weighted by molar-refractivity contribution is 5.03. The van der Waals surface area contributed by atoms with Crippen LogP contribution in [0, 0.1) is 17.2 Å². The maximum absolute atomic E-state index is 9.05. The van der Waals surface area contributed by atoms with Crippen LogP contribution >= 0.6 is 0 Å². The molecule has 1 atom stereocenters. The van der Waals surface area contributed by atoms with Gasteiger partial charge in [-0.1, -0.05) is 0 Å². The average Bonchev–Trinajstić information content (AvgIpc) is 2.02. The number of rotatable bonds is 1. The standard InChI is InChI=1S/C11H20N2/c1-9(2)13-7-5-6-10(8-12)11(13,3)4/h9-10H,5-7H2,1-4H3. The number of hydrogen-bond acceptors (Lipinski definition) is 2. The lowest BCUT2D eigenvalue weighted by Gasteiger charge is -2.47. The molecule has 0 aromatic rings. The minimum atomic E-state index is 0.0567. The van der Waals surface area contributed by atoms with Crippen LogP contribution in [0.3, 0.4) is 0 Å². The molecule has 1 saturated heterocycles. The van der Waals surface area contributed by atoms with Crippen molar-refractivity contribution in [3.63, 3.8) is 0 Å². The highest BCUT2D eigenvalue weighted by Gasteiger charge is 2.39. The van der Waals surface area contributed by atoms with E-state index in [4.69, 9.17) is 5.26 Å². The molecule has 0 spiro atoms. The fourth-order valence-electron chi connectivity index (χ4n) is 2.45. The van der Waals surface area contributed by atoms with Crippen molar-refractivity contribution in [2.75, 3.05) is 6.54 Å². The molecule has 0 radical (unpaired) electrons. The van der Waals surface area contributed by atoms with Crippen LogP contribution in [-0.4, -0.2) is 23.0 Å². The number of hydrogen-bond donors (Lipinski definition) is 0. The van der Waals surface area contributed by atoms with Crippen molar-refractivity contribution in [3.05, 3.63) is 0 Å². The van der Waals surface area contributed by atoms with Gasteiger partial charge < -0.3 is 0 Å². The Labute approximate surface area is 81.5 Å². The summed E-state index contributed by atoms with van der Waals surface area (Å²) in [4.78, 5) is 2.45. The molecule has 0 bridgehead atoms. The third-order valence-corrected chi connectivity index (χ3v) is 3.26. The maximum Gasteiger partial charge on any atom is 0.0675 e. The summed E-state index contributed by atoms with van der Waals surface area (Å²) in [5.74, 6) is 0.198. The SMILES string of the molecule is CC(C)N1CCCC(C#N)C1(C)C. The molecule has 1 rings (SSSR count). The monoisotopic (exact) mass is 180 g/mol. The summed E-state index contributed by atoms with van der Waals surface area (Å²) in [6.45, 7) is 9.95. The molecule has 1 heterocycles. The lowest BCUT2D eigenvalue weighted by Crippen LogP contribution is -2.55. The molecule has 1 aliphatic rings. The van der Waals surface area contributed by atoms with E-state index in [1.165, 1.54) is 6.42 Å². The van der Waals surface area contributed by atoms with Crippen molar-refractivity contribution in [2.45, 2.75) is 52.1 Å². The van der Waals surface area contributed by atoms with Gasteiger partial charge in [-0.05, 0) is 47.1 Å². The van der Waals surface area contributed by atoms with Crippen molar-refractivity contribution in [1.82, 2.24) is 4.90 Å². The van der Waals surface area contributed by atoms with Crippen LogP contribution in [0.2, 0.25) is 0 Å². The largest absolute Gasteiger partial charge is 0.295 e. The molecule has 0 aromatic carbocycles. The van der Waals surface area contributed by atoms with Crippen LogP contribution in [0.5, 0.6) is 0 Å². The van der Waals surface area contributed by atoms with E-state index in [0.717, 1.165) is 13.0 Å². The Hall–Kier alpha value is -0.550. The van der Waals surface area contributed by atoms with E-state index in [0.29, 0.717) is 6.04 Å². The quantitative estimate of drug-likeness (QED) is 0.619. The lowest BCUT2D eigenvalue weighted by molar-refractivity contribution is 0.0189. The van der Waals surface area contributed by atoms with E-state index in [-0.39, 0.29) is 11.5 Å². The molecule has 1 aliphatic heterocycles. The second kappa shape index (κ2) is 3.67. The molecular formula is C11H20N2. The van der Waals surface area contributed by atoms with Gasteiger partial charge in [0.25, 0.3) is 0 Å². The molecule has 0 amide bonds. The summed E-state index contributed by atoms with van der Waals surface area (Å²) in [5, 5.41) is 9.05. The molecule has 0 saturated carbocycles. The van der Waals surface area contributed by atoms with Gasteiger partial charge in [0.2, 0.25) is 0 Å². The first-order chi connectivity index (χ1) is 6.00. The van der Waals surface area contributed by atoms with Crippen LogP contribution in [0.4, 0.5) is 0 Å². The van der Waals surface area contributed by atoms with Gasteiger partial charge in [0.1, 0.15) is 0 Å². The van der Waals surface area contributed by atoms with Gasteiger partial charge in [0, 0.05) is 11.6 Å². The fraction of sp³-hybridized carbons (Fsp3) is 0.909. The summed E-state index contributed by atoms with van der Waals surface area (Å²) in [6, 6.07) is 2.98. The van der Waals surface area contributed by atoms with E-state index < -0.39 is 0 Å². The van der Waals surface area contributed by atoms with Crippen molar-refractivity contribution in [1.29, 1.82) is 5.26 Å². The van der Waals surface area contributed by atoms with E-state index >= 15 is 0 Å². The van der Waals surface area contributed by atoms with Crippen molar-refractivity contribution >= 4 is 0 Å². The molecule has 2 nitrogen and oxygen atoms in total. The van der Waals surface area contributed by atoms with Crippen LogP contribution < -0.4 is 0 Å². The number of piperidine rings is 1. The van der Waals surface area contributed by atoms with Crippen LogP contribution in [0.1, 0.15) is 40.5 Å². The second-order valence-electron chi connectivity index (χ2n) is 4.76. The Morgan fingerprint density at radius 2 is 2.08 bits per heavy atom. The molecule has 0 aliphatic carbocycles. The lowest BCUT2D eigenvalue weighted by atomic mass is 9.79. The highest BCUT2D eigenvalue weighted by Crippen LogP contribution is 2.33. The molecule has 0 aromatic heterocycles. The van der Waals surface area contributed by atoms with E-state index in [1.807, 2.05) is 0 Å². The third-order valence-electron chi connectivity index (χ3n) is 3.26. The van der Waals surface area contributed by atoms with Crippen molar-refractivity contribution in [2.24, 2.45) is 5.92 Å². The summed E-state index contributed by atoms with van der Waals surface area (Å²) in [5.41, 5.74) is 0.0567. The van der Waals surface area contributed by atoms with Crippen LogP contribution in [-0.2, 0) is 0 Å². The minimum absolute atomic E-state index is 0.0567. The smallest absolute Gasteiger partial charge is 0.0675 e. The zero-order valence-electron chi connectivity index (χ0n) is 9.17. The zero-order chi connectivity index (χ0) is 10.1. The first-order valence-corrected chi connectivity index (χ1v) is 5.16. The van der Waals surface area contributed by atoms with Crippen LogP contribution in [0.15, 0.2) is 0 Å². The Kier molecular flexibility index (Phi) is 2.98. The maximum atomic E-state index is 9.05. The van der Waals surface area contributed by atoms with Crippen molar-refractivity contribution < 1.29 is 0 Å². The minimum Gasteiger partial charge on any atom is -0.295 e. The van der Waals surface area contributed by atoms with E-state index in [9.17, 15) is 0 Å². The molecule has 1 unspecified atom stereocenters. The normalized spacial score (nSPS) is 28.8. The van der Waals surface area contributed by atoms with Gasteiger partial charge in [-0.3, -0.25) is 4.90 Å². The second-order valence-corrected chi connectivity index (χ2v) is 4.76. The topological polar surface area (TPSA) is 27.0 Å². The van der Waals surface area contributed by atoms with Gasteiger partial charge in [-0.2, -0.15) is 5.26 Å². The summed E-state index contributed by atoms with van der Waals surface area (Å²) in [6.07, 6.45) is 2.23. The summed E-state index contributed by atoms with van der Waals surface area (Å²) in [7, 11) is 0. The zero-order valence-corrected chi connectivity index (χ0v) is 9.17. The van der Waals surface area contributed by atoms with Gasteiger partial charge in [-0.25, -0.2) is 0 Å². The van der Waals surface area contributed by atoms with Gasteiger partial charge in [0.15, 0.2) is 0 Å². The van der Waals surface area contributed by atoms with Crippen molar-refractivity contribution in [3.8, 4) is 6.07 Å². The average molecular weight is 180 g/mol. The van der Waals surface area contributed by atoms with Crippen LogP contribution in [0.25, 0.3) is 0 Å². The number of nitrogens with zero attached hydrogens (tertiary/aromatic N) is 2. The Morgan fingerprint density at radius 1 is 1.46 bits per heavy atom. The molecule has 13 heavy (non-hydrogen) atoms. The molecule has 74 valence electrons. The molecule has 1 fully saturated rings. The summed E-state index contributed by atoms with van der Waals surface area (Å²) < 4.78 is 0. The Morgan fingerprint density at radius 3 is 2.54 bits per heavy atom. The molecule has 2 heteroatoms. The third kappa shape index (κ3) is 1.86. The Balaban J connectivity index is 2.82. The van der Waals surface area contributed by atoms with Gasteiger partial charge in [0.05, 0.1) is 12.0 Å². The van der Waals surface area contributed by atoms with E-state index in [2.05, 4.69) is 38.7 Å².